The predicted molar refractivity (Wildman–Crippen MR) is 108 cm³/mol. The molecule has 0 spiro atoms. The Labute approximate surface area is 161 Å². The zero-order chi connectivity index (χ0) is 19.6. The van der Waals surface area contributed by atoms with Crippen LogP contribution in [-0.4, -0.2) is 18.4 Å². The average molecular weight is 365 g/mol. The van der Waals surface area contributed by atoms with Gasteiger partial charge in [-0.3, -0.25) is 9.59 Å². The second kappa shape index (κ2) is 11.6. The zero-order valence-corrected chi connectivity index (χ0v) is 17.7. The molecular formula is C23H40O3. The van der Waals surface area contributed by atoms with Gasteiger partial charge in [-0.2, -0.15) is 0 Å². The standard InChI is InChI=1S/C23H40O3/c1-6-7-13-20-17-19(3)11-8-10-18(2)12-9-16-26-21(24)14-15-23(4,5)22(20)25/h12,19-20H,6-11,13-17H2,1-5H3. The molecule has 1 rings (SSSR count). The molecule has 0 amide bonds. The van der Waals surface area contributed by atoms with Gasteiger partial charge < -0.3 is 4.74 Å². The lowest BCUT2D eigenvalue weighted by molar-refractivity contribution is -0.144. The molecule has 0 saturated carbocycles. The molecule has 150 valence electrons. The van der Waals surface area contributed by atoms with Crippen molar-refractivity contribution in [2.75, 3.05) is 6.61 Å². The smallest absolute Gasteiger partial charge is 0.305 e. The second-order valence-electron chi connectivity index (χ2n) is 8.88. The molecule has 2 atom stereocenters. The first-order chi connectivity index (χ1) is 12.3. The summed E-state index contributed by atoms with van der Waals surface area (Å²) in [5.41, 5.74) is 0.921. The summed E-state index contributed by atoms with van der Waals surface area (Å²) < 4.78 is 5.33. The Hall–Kier alpha value is -1.12. The maximum Gasteiger partial charge on any atom is 0.305 e. The van der Waals surface area contributed by atoms with E-state index in [4.69, 9.17) is 4.74 Å². The van der Waals surface area contributed by atoms with E-state index in [1.807, 2.05) is 13.8 Å². The Morgan fingerprint density at radius 2 is 1.96 bits per heavy atom. The van der Waals surface area contributed by atoms with E-state index in [0.717, 1.165) is 38.5 Å². The molecule has 1 heterocycles. The molecule has 2 unspecified atom stereocenters. The number of hydrogen-bond donors (Lipinski definition) is 0. The van der Waals surface area contributed by atoms with Crippen LogP contribution in [-0.2, 0) is 14.3 Å². The molecule has 0 fully saturated rings. The summed E-state index contributed by atoms with van der Waals surface area (Å²) in [5.74, 6) is 0.860. The van der Waals surface area contributed by atoms with Gasteiger partial charge in [0.1, 0.15) is 5.78 Å². The van der Waals surface area contributed by atoms with E-state index in [9.17, 15) is 9.59 Å². The minimum absolute atomic E-state index is 0.125. The third kappa shape index (κ3) is 8.51. The van der Waals surface area contributed by atoms with E-state index >= 15 is 0 Å². The summed E-state index contributed by atoms with van der Waals surface area (Å²) in [6, 6.07) is 0. The van der Waals surface area contributed by atoms with Gasteiger partial charge in [0.2, 0.25) is 0 Å². The quantitative estimate of drug-likeness (QED) is 0.438. The molecule has 0 radical (unpaired) electrons. The number of esters is 1. The van der Waals surface area contributed by atoms with E-state index in [2.05, 4.69) is 26.8 Å². The highest BCUT2D eigenvalue weighted by atomic mass is 16.5. The minimum Gasteiger partial charge on any atom is -0.465 e. The fraction of sp³-hybridized carbons (Fsp3) is 0.826. The van der Waals surface area contributed by atoms with Gasteiger partial charge in [0.25, 0.3) is 0 Å². The number of unbranched alkanes of at least 4 members (excludes halogenated alkanes) is 1. The van der Waals surface area contributed by atoms with Crippen molar-refractivity contribution in [1.29, 1.82) is 0 Å². The van der Waals surface area contributed by atoms with E-state index in [1.54, 1.807) is 0 Å². The summed E-state index contributed by atoms with van der Waals surface area (Å²) in [7, 11) is 0. The molecule has 0 aromatic rings. The van der Waals surface area contributed by atoms with Crippen LogP contribution in [0, 0.1) is 17.3 Å². The molecule has 3 nitrogen and oxygen atoms in total. The lowest BCUT2D eigenvalue weighted by atomic mass is 9.73. The van der Waals surface area contributed by atoms with Crippen molar-refractivity contribution in [2.45, 2.75) is 98.8 Å². The molecule has 0 saturated heterocycles. The average Bonchev–Trinajstić information content (AvgIpc) is 2.59. The number of rotatable bonds is 3. The first-order valence-corrected chi connectivity index (χ1v) is 10.6. The molecule has 0 N–H and O–H groups in total. The largest absolute Gasteiger partial charge is 0.465 e. The van der Waals surface area contributed by atoms with E-state index in [0.29, 0.717) is 31.1 Å². The van der Waals surface area contributed by atoms with Crippen LogP contribution in [0.25, 0.3) is 0 Å². The number of cyclic esters (lactones) is 1. The topological polar surface area (TPSA) is 43.4 Å². The summed E-state index contributed by atoms with van der Waals surface area (Å²) in [4.78, 5) is 25.2. The Balaban J connectivity index is 2.87. The summed E-state index contributed by atoms with van der Waals surface area (Å²) in [6.45, 7) is 11.1. The number of ether oxygens (including phenoxy) is 1. The Bertz CT molecular complexity index is 476. The number of carbonyl (C=O) groups is 2. The van der Waals surface area contributed by atoms with Crippen LogP contribution in [0.2, 0.25) is 0 Å². The zero-order valence-electron chi connectivity index (χ0n) is 17.7. The van der Waals surface area contributed by atoms with Crippen molar-refractivity contribution in [3.8, 4) is 0 Å². The summed E-state index contributed by atoms with van der Waals surface area (Å²) in [5, 5.41) is 0. The molecule has 0 bridgehead atoms. The fourth-order valence-corrected chi connectivity index (χ4v) is 3.88. The van der Waals surface area contributed by atoms with Gasteiger partial charge in [0.05, 0.1) is 6.61 Å². The van der Waals surface area contributed by atoms with Crippen molar-refractivity contribution in [3.05, 3.63) is 11.6 Å². The lowest BCUT2D eigenvalue weighted by Crippen LogP contribution is -2.33. The van der Waals surface area contributed by atoms with E-state index in [1.165, 1.54) is 18.4 Å². The number of hydrogen-bond acceptors (Lipinski definition) is 3. The monoisotopic (exact) mass is 364 g/mol. The molecule has 26 heavy (non-hydrogen) atoms. The van der Waals surface area contributed by atoms with Crippen molar-refractivity contribution < 1.29 is 14.3 Å². The fourth-order valence-electron chi connectivity index (χ4n) is 3.88. The second-order valence-corrected chi connectivity index (χ2v) is 8.88. The number of Topliss-reactive ketones (excluding diaryl/α,β-unsaturated/α-hetero) is 1. The number of allylic oxidation sites excluding steroid dienone is 1. The molecule has 0 aromatic heterocycles. The van der Waals surface area contributed by atoms with Crippen LogP contribution in [0.1, 0.15) is 98.8 Å². The van der Waals surface area contributed by atoms with Gasteiger partial charge in [-0.05, 0) is 51.4 Å². The Kier molecular flexibility index (Phi) is 10.2. The maximum atomic E-state index is 13.2. The third-order valence-corrected chi connectivity index (χ3v) is 5.73. The molecule has 0 aromatic carbocycles. The van der Waals surface area contributed by atoms with Gasteiger partial charge in [-0.25, -0.2) is 0 Å². The normalized spacial score (nSPS) is 26.9. The highest BCUT2D eigenvalue weighted by Crippen LogP contribution is 2.33. The number of carbonyl (C=O) groups excluding carboxylic acids is 2. The first kappa shape index (κ1) is 22.9. The van der Waals surface area contributed by atoms with Crippen molar-refractivity contribution >= 4 is 11.8 Å². The van der Waals surface area contributed by atoms with Crippen LogP contribution >= 0.6 is 0 Å². The van der Waals surface area contributed by atoms with Gasteiger partial charge >= 0.3 is 5.97 Å². The SMILES string of the molecule is CCCCC1CC(C)CCCC(C)=CCCOC(=O)CCC(C)(C)C1=O. The van der Waals surface area contributed by atoms with Gasteiger partial charge in [-0.1, -0.05) is 58.6 Å². The van der Waals surface area contributed by atoms with Gasteiger partial charge in [0.15, 0.2) is 0 Å². The van der Waals surface area contributed by atoms with Crippen LogP contribution in [0.5, 0.6) is 0 Å². The lowest BCUT2D eigenvalue weighted by Gasteiger charge is -2.30. The van der Waals surface area contributed by atoms with Crippen LogP contribution in [0.15, 0.2) is 11.6 Å². The molecule has 3 heteroatoms. The molecular weight excluding hydrogens is 324 g/mol. The van der Waals surface area contributed by atoms with Crippen LogP contribution in [0.4, 0.5) is 0 Å². The molecule has 1 aliphatic rings. The molecule has 0 aliphatic carbocycles. The van der Waals surface area contributed by atoms with Crippen LogP contribution < -0.4 is 0 Å². The van der Waals surface area contributed by atoms with E-state index < -0.39 is 5.41 Å². The number of ketones is 1. The highest BCUT2D eigenvalue weighted by molar-refractivity contribution is 5.86. The third-order valence-electron chi connectivity index (χ3n) is 5.73. The van der Waals surface area contributed by atoms with Crippen molar-refractivity contribution in [1.82, 2.24) is 0 Å². The van der Waals surface area contributed by atoms with Gasteiger partial charge in [-0.15, -0.1) is 0 Å². The van der Waals surface area contributed by atoms with Gasteiger partial charge in [0, 0.05) is 17.8 Å². The van der Waals surface area contributed by atoms with Crippen molar-refractivity contribution in [3.63, 3.8) is 0 Å². The Morgan fingerprint density at radius 3 is 2.65 bits per heavy atom. The Morgan fingerprint density at radius 1 is 1.23 bits per heavy atom. The summed E-state index contributed by atoms with van der Waals surface area (Å²) >= 11 is 0. The summed E-state index contributed by atoms with van der Waals surface area (Å²) in [6.07, 6.45) is 11.5. The first-order valence-electron chi connectivity index (χ1n) is 10.6. The minimum atomic E-state index is -0.454. The van der Waals surface area contributed by atoms with Crippen molar-refractivity contribution in [2.24, 2.45) is 17.3 Å². The highest BCUT2D eigenvalue weighted by Gasteiger charge is 2.34. The maximum absolute atomic E-state index is 13.2. The molecule has 1 aliphatic heterocycles. The predicted octanol–water partition coefficient (Wildman–Crippen LogP) is 6.26. The van der Waals surface area contributed by atoms with E-state index in [-0.39, 0.29) is 11.9 Å². The van der Waals surface area contributed by atoms with Crippen LogP contribution in [0.3, 0.4) is 0 Å².